The molecular weight excluding hydrogens is 328 g/mol. The van der Waals surface area contributed by atoms with Crippen molar-refractivity contribution in [2.45, 2.75) is 68.1 Å². The Bertz CT molecular complexity index is 396. The van der Waals surface area contributed by atoms with Gasteiger partial charge < -0.3 is 49.6 Å². The van der Waals surface area contributed by atoms with Gasteiger partial charge in [0.15, 0.2) is 6.29 Å². The first-order chi connectivity index (χ1) is 11.3. The van der Waals surface area contributed by atoms with Crippen molar-refractivity contribution in [1.82, 2.24) is 0 Å². The molecule has 2 fully saturated rings. The minimum absolute atomic E-state index is 0.474. The van der Waals surface area contributed by atoms with Gasteiger partial charge in [0.05, 0.1) is 19.3 Å². The van der Waals surface area contributed by atoms with Crippen LogP contribution >= 0.6 is 0 Å². The molecular formula is C14H26O10. The lowest BCUT2D eigenvalue weighted by Crippen LogP contribution is -2.60. The third kappa shape index (κ3) is 3.73. The van der Waals surface area contributed by atoms with Crippen molar-refractivity contribution in [2.24, 2.45) is 0 Å². The Hall–Kier alpha value is -0.400. The van der Waals surface area contributed by atoms with E-state index in [1.54, 1.807) is 6.92 Å². The highest BCUT2D eigenvalue weighted by molar-refractivity contribution is 4.96. The molecule has 0 aromatic rings. The zero-order valence-electron chi connectivity index (χ0n) is 13.5. The first-order valence-electron chi connectivity index (χ1n) is 7.78. The fourth-order valence-electron chi connectivity index (χ4n) is 3.05. The number of aliphatic hydroxyl groups excluding tert-OH is 6. The molecule has 0 radical (unpaired) electrons. The Morgan fingerprint density at radius 1 is 1.00 bits per heavy atom. The van der Waals surface area contributed by atoms with Crippen LogP contribution in [0, 0.1) is 0 Å². The van der Waals surface area contributed by atoms with E-state index < -0.39 is 74.4 Å². The fraction of sp³-hybridized carbons (Fsp3) is 1.00. The Morgan fingerprint density at radius 2 is 1.67 bits per heavy atom. The number of aliphatic hydroxyl groups is 6. The maximum atomic E-state index is 10.2. The first-order valence-corrected chi connectivity index (χ1v) is 7.78. The topological polar surface area (TPSA) is 158 Å². The van der Waals surface area contributed by atoms with Crippen molar-refractivity contribution in [2.75, 3.05) is 20.3 Å². The lowest BCUT2D eigenvalue weighted by molar-refractivity contribution is -0.286. The predicted molar refractivity (Wildman–Crippen MR) is 76.9 cm³/mol. The molecule has 0 aliphatic carbocycles. The Labute approximate surface area is 139 Å². The summed E-state index contributed by atoms with van der Waals surface area (Å²) in [5.41, 5.74) is 0. The smallest absolute Gasteiger partial charge is 0.187 e. The van der Waals surface area contributed by atoms with E-state index >= 15 is 0 Å². The molecule has 2 saturated heterocycles. The second-order valence-electron chi connectivity index (χ2n) is 6.05. The van der Waals surface area contributed by atoms with Crippen LogP contribution in [0.4, 0.5) is 0 Å². The molecule has 0 aromatic carbocycles. The van der Waals surface area contributed by atoms with Crippen molar-refractivity contribution < 1.29 is 49.6 Å². The molecule has 2 rings (SSSR count). The van der Waals surface area contributed by atoms with E-state index in [0.717, 1.165) is 0 Å². The van der Waals surface area contributed by atoms with Crippen molar-refractivity contribution in [3.05, 3.63) is 0 Å². The minimum Gasteiger partial charge on any atom is -0.394 e. The van der Waals surface area contributed by atoms with E-state index in [-0.39, 0.29) is 0 Å². The summed E-state index contributed by atoms with van der Waals surface area (Å²) in [7, 11) is 1.30. The summed E-state index contributed by atoms with van der Waals surface area (Å²) in [5.74, 6) is 0. The van der Waals surface area contributed by atoms with Gasteiger partial charge in [-0.3, -0.25) is 0 Å². The standard InChI is InChI=1S/C14H26O10/c1-5-8(18)12(9(19)7(4-16)22-5)24-14-10(20)13(21-2)11(23-14)6(17)3-15/h5-20H,3-4H2,1-2H3/t5?,6-,7?,8?,9+,10+,11+,12-,13?,14+/m1/s1. The van der Waals surface area contributed by atoms with Crippen LogP contribution in [0.5, 0.6) is 0 Å². The first kappa shape index (κ1) is 19.9. The lowest BCUT2D eigenvalue weighted by Gasteiger charge is -2.42. The second-order valence-corrected chi connectivity index (χ2v) is 6.05. The summed E-state index contributed by atoms with van der Waals surface area (Å²) >= 11 is 0. The molecule has 6 N–H and O–H groups in total. The van der Waals surface area contributed by atoms with Gasteiger partial charge in [-0.25, -0.2) is 0 Å². The van der Waals surface area contributed by atoms with Crippen LogP contribution in [0.25, 0.3) is 0 Å². The van der Waals surface area contributed by atoms with Gasteiger partial charge in [-0.15, -0.1) is 0 Å². The third-order valence-corrected chi connectivity index (χ3v) is 4.46. The normalized spacial score (nSPS) is 47.8. The van der Waals surface area contributed by atoms with Crippen LogP contribution in [0.2, 0.25) is 0 Å². The van der Waals surface area contributed by atoms with Crippen LogP contribution in [0.3, 0.4) is 0 Å². The molecule has 0 amide bonds. The average molecular weight is 354 g/mol. The molecule has 2 aliphatic heterocycles. The molecule has 0 spiro atoms. The highest BCUT2D eigenvalue weighted by Gasteiger charge is 2.51. The predicted octanol–water partition coefficient (Wildman–Crippen LogP) is -3.67. The van der Waals surface area contributed by atoms with Crippen molar-refractivity contribution in [3.8, 4) is 0 Å². The summed E-state index contributed by atoms with van der Waals surface area (Å²) < 4.78 is 21.3. The molecule has 10 heteroatoms. The van der Waals surface area contributed by atoms with Gasteiger partial charge in [0.25, 0.3) is 0 Å². The lowest BCUT2D eigenvalue weighted by atomic mass is 9.95. The maximum absolute atomic E-state index is 10.2. The highest BCUT2D eigenvalue weighted by atomic mass is 16.7. The van der Waals surface area contributed by atoms with Crippen molar-refractivity contribution in [3.63, 3.8) is 0 Å². The van der Waals surface area contributed by atoms with E-state index in [0.29, 0.717) is 0 Å². The molecule has 142 valence electrons. The Balaban J connectivity index is 2.11. The Morgan fingerprint density at radius 3 is 2.21 bits per heavy atom. The fourth-order valence-corrected chi connectivity index (χ4v) is 3.05. The summed E-state index contributed by atoms with van der Waals surface area (Å²) in [6, 6.07) is 0. The molecule has 0 aromatic heterocycles. The minimum atomic E-state index is -1.35. The monoisotopic (exact) mass is 354 g/mol. The number of ether oxygens (including phenoxy) is 4. The van der Waals surface area contributed by atoms with E-state index in [9.17, 15) is 25.5 Å². The molecule has 0 bridgehead atoms. The molecule has 4 unspecified atom stereocenters. The number of hydrogen-bond donors (Lipinski definition) is 6. The van der Waals surface area contributed by atoms with E-state index in [4.69, 9.17) is 24.1 Å². The zero-order chi connectivity index (χ0) is 18.0. The number of hydrogen-bond acceptors (Lipinski definition) is 10. The second kappa shape index (κ2) is 8.32. The molecule has 10 atom stereocenters. The van der Waals surface area contributed by atoms with E-state index in [2.05, 4.69) is 0 Å². The summed E-state index contributed by atoms with van der Waals surface area (Å²) in [4.78, 5) is 0. The molecule has 0 saturated carbocycles. The molecule has 24 heavy (non-hydrogen) atoms. The zero-order valence-corrected chi connectivity index (χ0v) is 13.5. The van der Waals surface area contributed by atoms with E-state index in [1.807, 2.05) is 0 Å². The van der Waals surface area contributed by atoms with Gasteiger partial charge in [0.1, 0.15) is 48.8 Å². The quantitative estimate of drug-likeness (QED) is 0.281. The largest absolute Gasteiger partial charge is 0.394 e. The maximum Gasteiger partial charge on any atom is 0.187 e. The summed E-state index contributed by atoms with van der Waals surface area (Å²) in [5, 5.41) is 58.6. The van der Waals surface area contributed by atoms with Crippen molar-refractivity contribution >= 4 is 0 Å². The van der Waals surface area contributed by atoms with Gasteiger partial charge in [0, 0.05) is 7.11 Å². The SMILES string of the molecule is COC1[C@H]([C@H](O)CO)O[C@@H](O[C@@H]2C(O)C(C)OC(CO)[C@@H]2O)[C@H]1O. The summed E-state index contributed by atoms with van der Waals surface area (Å²) in [6.07, 6.45) is -11.3. The Kier molecular flexibility index (Phi) is 6.90. The van der Waals surface area contributed by atoms with Crippen LogP contribution < -0.4 is 0 Å². The molecule has 2 heterocycles. The van der Waals surface area contributed by atoms with Crippen LogP contribution in [0.1, 0.15) is 6.92 Å². The van der Waals surface area contributed by atoms with Crippen LogP contribution in [0.15, 0.2) is 0 Å². The molecule has 10 nitrogen and oxygen atoms in total. The third-order valence-electron chi connectivity index (χ3n) is 4.46. The number of rotatable bonds is 6. The van der Waals surface area contributed by atoms with Gasteiger partial charge in [-0.1, -0.05) is 0 Å². The average Bonchev–Trinajstić information content (AvgIpc) is 2.89. The van der Waals surface area contributed by atoms with Gasteiger partial charge >= 0.3 is 0 Å². The van der Waals surface area contributed by atoms with Gasteiger partial charge in [-0.2, -0.15) is 0 Å². The summed E-state index contributed by atoms with van der Waals surface area (Å²) in [6.45, 7) is 0.479. The van der Waals surface area contributed by atoms with Crippen molar-refractivity contribution in [1.29, 1.82) is 0 Å². The van der Waals surface area contributed by atoms with Crippen LogP contribution in [-0.2, 0) is 18.9 Å². The van der Waals surface area contributed by atoms with E-state index in [1.165, 1.54) is 7.11 Å². The van der Waals surface area contributed by atoms with Gasteiger partial charge in [-0.05, 0) is 6.92 Å². The highest BCUT2D eigenvalue weighted by Crippen LogP contribution is 2.31. The number of methoxy groups -OCH3 is 1. The van der Waals surface area contributed by atoms with Crippen LogP contribution in [-0.4, -0.2) is 112 Å². The van der Waals surface area contributed by atoms with Gasteiger partial charge in [0.2, 0.25) is 0 Å². The molecule has 2 aliphatic rings.